The molecule has 0 atom stereocenters. The van der Waals surface area contributed by atoms with Gasteiger partial charge in [0.1, 0.15) is 0 Å². The van der Waals surface area contributed by atoms with Crippen LogP contribution >= 0.6 is 0 Å². The molecule has 1 aromatic carbocycles. The van der Waals surface area contributed by atoms with E-state index in [1.54, 1.807) is 23.1 Å². The first kappa shape index (κ1) is 13.6. The molecule has 0 aliphatic carbocycles. The van der Waals surface area contributed by atoms with Crippen molar-refractivity contribution in [1.29, 1.82) is 0 Å². The van der Waals surface area contributed by atoms with Crippen LogP contribution in [0.4, 0.5) is 0 Å². The second kappa shape index (κ2) is 6.33. The van der Waals surface area contributed by atoms with Crippen LogP contribution in [0.25, 0.3) is 0 Å². The number of methoxy groups -OCH3 is 1. The van der Waals surface area contributed by atoms with Gasteiger partial charge in [0.15, 0.2) is 0 Å². The molecule has 0 bridgehead atoms. The summed E-state index contributed by atoms with van der Waals surface area (Å²) in [5.74, 6) is -1.03. The molecule has 6 nitrogen and oxygen atoms in total. The van der Waals surface area contributed by atoms with E-state index < -0.39 is 16.0 Å². The van der Waals surface area contributed by atoms with Gasteiger partial charge in [-0.05, 0) is 17.0 Å². The van der Waals surface area contributed by atoms with Crippen molar-refractivity contribution in [3.63, 3.8) is 0 Å². The van der Waals surface area contributed by atoms with E-state index >= 15 is 0 Å². The van der Waals surface area contributed by atoms with Crippen molar-refractivity contribution in [3.05, 3.63) is 35.9 Å². The number of sulfonamides is 1. The van der Waals surface area contributed by atoms with Gasteiger partial charge in [0.2, 0.25) is 10.0 Å². The smallest absolute Gasteiger partial charge is 0.357 e. The third-order valence-corrected chi connectivity index (χ3v) is 2.87. The molecular formula is C10H13NO5S. The highest BCUT2D eigenvalue weighted by Crippen LogP contribution is 2.00. The third kappa shape index (κ3) is 4.94. The average Bonchev–Trinajstić information content (AvgIpc) is 2.35. The molecule has 1 aromatic rings. The first-order valence-corrected chi connectivity index (χ1v) is 6.45. The maximum atomic E-state index is 11.4. The standard InChI is InChI=1S/C10H13NO5S/c1-15-7-8-17(13,14)11-16-10(12)9-5-3-2-4-6-9/h2-6,11H,7-8H2,1H3. The van der Waals surface area contributed by atoms with E-state index in [-0.39, 0.29) is 17.9 Å². The molecule has 0 saturated carbocycles. The van der Waals surface area contributed by atoms with Crippen LogP contribution < -0.4 is 4.89 Å². The predicted molar refractivity (Wildman–Crippen MR) is 60.7 cm³/mol. The molecule has 1 rings (SSSR count). The minimum Gasteiger partial charge on any atom is -0.384 e. The van der Waals surface area contributed by atoms with E-state index in [0.717, 1.165) is 0 Å². The van der Waals surface area contributed by atoms with Crippen LogP contribution in [0.15, 0.2) is 30.3 Å². The molecule has 0 spiro atoms. The number of rotatable bonds is 6. The molecule has 0 unspecified atom stereocenters. The summed E-state index contributed by atoms with van der Waals surface area (Å²) in [5, 5.41) is 0. The molecule has 0 amide bonds. The summed E-state index contributed by atoms with van der Waals surface area (Å²) in [7, 11) is -2.28. The Labute approximate surface area is 99.5 Å². The molecule has 17 heavy (non-hydrogen) atoms. The summed E-state index contributed by atoms with van der Waals surface area (Å²) >= 11 is 0. The van der Waals surface area contributed by atoms with Crippen LogP contribution in [-0.2, 0) is 19.6 Å². The Kier molecular flexibility index (Phi) is 5.08. The number of carbonyl (C=O) groups excluding carboxylic acids is 1. The number of nitrogens with one attached hydrogen (secondary N) is 1. The van der Waals surface area contributed by atoms with Gasteiger partial charge < -0.3 is 9.57 Å². The van der Waals surface area contributed by atoms with Gasteiger partial charge in [-0.2, -0.15) is 0 Å². The molecule has 1 N–H and O–H groups in total. The number of benzene rings is 1. The van der Waals surface area contributed by atoms with E-state index in [0.29, 0.717) is 0 Å². The lowest BCUT2D eigenvalue weighted by atomic mass is 10.2. The molecule has 0 radical (unpaired) electrons. The fraction of sp³-hybridized carbons (Fsp3) is 0.300. The van der Waals surface area contributed by atoms with Gasteiger partial charge >= 0.3 is 5.97 Å². The zero-order valence-corrected chi connectivity index (χ0v) is 10.1. The second-order valence-electron chi connectivity index (χ2n) is 3.15. The minimum absolute atomic E-state index is 0.0260. The number of hydrogen-bond donors (Lipinski definition) is 1. The van der Waals surface area contributed by atoms with Crippen molar-refractivity contribution in [2.24, 2.45) is 0 Å². The Hall–Kier alpha value is -1.44. The Morgan fingerprint density at radius 2 is 1.94 bits per heavy atom. The largest absolute Gasteiger partial charge is 0.384 e. The molecular weight excluding hydrogens is 246 g/mol. The normalized spacial score (nSPS) is 11.1. The quantitative estimate of drug-likeness (QED) is 0.744. The molecule has 0 heterocycles. The molecule has 0 aliphatic heterocycles. The lowest BCUT2D eigenvalue weighted by molar-refractivity contribution is 0.0406. The van der Waals surface area contributed by atoms with Crippen molar-refractivity contribution < 1.29 is 22.8 Å². The van der Waals surface area contributed by atoms with Crippen LogP contribution in [0.2, 0.25) is 0 Å². The molecule has 0 aliphatic rings. The maximum absolute atomic E-state index is 11.4. The topological polar surface area (TPSA) is 81.7 Å². The summed E-state index contributed by atoms with van der Waals surface area (Å²) in [6.07, 6.45) is 0. The van der Waals surface area contributed by atoms with E-state index in [1.807, 2.05) is 0 Å². The van der Waals surface area contributed by atoms with Gasteiger partial charge in [-0.25, -0.2) is 13.2 Å². The average molecular weight is 259 g/mol. The Balaban J connectivity index is 2.49. The van der Waals surface area contributed by atoms with E-state index in [4.69, 9.17) is 0 Å². The highest BCUT2D eigenvalue weighted by atomic mass is 32.2. The maximum Gasteiger partial charge on any atom is 0.357 e. The minimum atomic E-state index is -3.66. The van der Waals surface area contributed by atoms with Gasteiger partial charge in [0.25, 0.3) is 0 Å². The molecule has 94 valence electrons. The first-order chi connectivity index (χ1) is 8.05. The van der Waals surface area contributed by atoms with Crippen LogP contribution in [0.1, 0.15) is 10.4 Å². The van der Waals surface area contributed by atoms with Crippen LogP contribution in [0.3, 0.4) is 0 Å². The van der Waals surface area contributed by atoms with Gasteiger partial charge in [0, 0.05) is 7.11 Å². The fourth-order valence-electron chi connectivity index (χ4n) is 0.969. The Bertz CT molecular complexity index is 457. The van der Waals surface area contributed by atoms with E-state index in [9.17, 15) is 13.2 Å². The Morgan fingerprint density at radius 1 is 1.29 bits per heavy atom. The van der Waals surface area contributed by atoms with Gasteiger partial charge in [0.05, 0.1) is 17.9 Å². The zero-order chi connectivity index (χ0) is 12.7. The van der Waals surface area contributed by atoms with Crippen molar-refractivity contribution in [2.75, 3.05) is 19.5 Å². The van der Waals surface area contributed by atoms with Gasteiger partial charge in [-0.3, -0.25) is 0 Å². The Morgan fingerprint density at radius 3 is 2.53 bits per heavy atom. The zero-order valence-electron chi connectivity index (χ0n) is 9.25. The number of carbonyl (C=O) groups is 1. The first-order valence-electron chi connectivity index (χ1n) is 4.80. The third-order valence-electron chi connectivity index (χ3n) is 1.83. The van der Waals surface area contributed by atoms with Crippen molar-refractivity contribution >= 4 is 16.0 Å². The molecule has 0 aromatic heterocycles. The highest BCUT2D eigenvalue weighted by Gasteiger charge is 2.14. The van der Waals surface area contributed by atoms with Gasteiger partial charge in [-0.15, -0.1) is 0 Å². The van der Waals surface area contributed by atoms with E-state index in [2.05, 4.69) is 9.57 Å². The molecule has 7 heteroatoms. The second-order valence-corrected chi connectivity index (χ2v) is 4.95. The monoisotopic (exact) mass is 259 g/mol. The molecule has 0 saturated heterocycles. The van der Waals surface area contributed by atoms with Gasteiger partial charge in [-0.1, -0.05) is 18.2 Å². The number of hydrogen-bond acceptors (Lipinski definition) is 5. The van der Waals surface area contributed by atoms with Crippen LogP contribution in [0.5, 0.6) is 0 Å². The summed E-state index contributed by atoms with van der Waals surface area (Å²) < 4.78 is 27.1. The van der Waals surface area contributed by atoms with Crippen molar-refractivity contribution in [3.8, 4) is 0 Å². The van der Waals surface area contributed by atoms with Crippen LogP contribution in [0, 0.1) is 0 Å². The summed E-state index contributed by atoms with van der Waals surface area (Å²) in [6.45, 7) is 0.0260. The van der Waals surface area contributed by atoms with Crippen molar-refractivity contribution in [2.45, 2.75) is 0 Å². The summed E-state index contributed by atoms with van der Waals surface area (Å²) in [4.78, 5) is 17.6. The molecule has 0 fully saturated rings. The summed E-state index contributed by atoms with van der Waals surface area (Å²) in [5.41, 5.74) is 0.266. The SMILES string of the molecule is COCCS(=O)(=O)NOC(=O)c1ccccc1. The van der Waals surface area contributed by atoms with Crippen LogP contribution in [-0.4, -0.2) is 33.9 Å². The fourth-order valence-corrected chi connectivity index (χ4v) is 1.64. The highest BCUT2D eigenvalue weighted by molar-refractivity contribution is 7.89. The van der Waals surface area contributed by atoms with E-state index in [1.165, 1.54) is 19.2 Å². The predicted octanol–water partition coefficient (Wildman–Crippen LogP) is 0.324. The lowest BCUT2D eigenvalue weighted by Crippen LogP contribution is -2.30. The number of ether oxygens (including phenoxy) is 1. The summed E-state index contributed by atoms with van der Waals surface area (Å²) in [6, 6.07) is 8.07. The lowest BCUT2D eigenvalue weighted by Gasteiger charge is -2.06. The van der Waals surface area contributed by atoms with Crippen molar-refractivity contribution in [1.82, 2.24) is 4.89 Å².